The van der Waals surface area contributed by atoms with E-state index in [1.54, 1.807) is 13.0 Å². The summed E-state index contributed by atoms with van der Waals surface area (Å²) in [6.45, 7) is 1.99. The molecule has 0 heterocycles. The molecule has 1 fully saturated rings. The molecule has 110 valence electrons. The number of nitrogens with one attached hydrogen (secondary N) is 1. The van der Waals surface area contributed by atoms with Gasteiger partial charge in [0.25, 0.3) is 11.6 Å². The molecule has 1 aromatic carbocycles. The number of carbonyl (C=O) groups is 1. The van der Waals surface area contributed by atoms with Crippen molar-refractivity contribution in [1.82, 2.24) is 5.32 Å². The Balaban J connectivity index is 0.00000200. The lowest BCUT2D eigenvalue weighted by atomic mass is 10.1. The summed E-state index contributed by atoms with van der Waals surface area (Å²) in [6, 6.07) is 4.46. The van der Waals surface area contributed by atoms with Crippen molar-refractivity contribution in [3.63, 3.8) is 0 Å². The molecule has 0 saturated heterocycles. The number of halogens is 1. The summed E-state index contributed by atoms with van der Waals surface area (Å²) in [5.41, 5.74) is 6.57. The van der Waals surface area contributed by atoms with Gasteiger partial charge in [-0.05, 0) is 31.7 Å². The van der Waals surface area contributed by atoms with E-state index in [2.05, 4.69) is 5.32 Å². The fourth-order valence-corrected chi connectivity index (χ4v) is 2.06. The number of nitrogens with zero attached hydrogens (tertiary/aromatic N) is 1. The molecule has 1 saturated carbocycles. The summed E-state index contributed by atoms with van der Waals surface area (Å²) in [4.78, 5) is 22.3. The molecule has 0 radical (unpaired) electrons. The van der Waals surface area contributed by atoms with E-state index in [1.807, 2.05) is 0 Å². The van der Waals surface area contributed by atoms with Gasteiger partial charge in [-0.1, -0.05) is 6.07 Å². The van der Waals surface area contributed by atoms with Gasteiger partial charge < -0.3 is 11.1 Å². The monoisotopic (exact) mass is 299 g/mol. The van der Waals surface area contributed by atoms with Crippen molar-refractivity contribution in [2.75, 3.05) is 6.54 Å². The second kappa shape index (κ2) is 6.67. The molecule has 1 aromatic rings. The van der Waals surface area contributed by atoms with Gasteiger partial charge in [0.1, 0.15) is 0 Å². The fraction of sp³-hybridized carbons (Fsp3) is 0.462. The number of amides is 1. The summed E-state index contributed by atoms with van der Waals surface area (Å²) in [5, 5.41) is 13.6. The largest absolute Gasteiger partial charge is 0.350 e. The Bertz CT molecular complexity index is 518. The molecule has 1 aliphatic carbocycles. The molecule has 0 aromatic heterocycles. The molecule has 0 bridgehead atoms. The molecule has 1 unspecified atom stereocenters. The fourth-order valence-electron chi connectivity index (χ4n) is 2.06. The van der Waals surface area contributed by atoms with Crippen molar-refractivity contribution in [2.45, 2.75) is 25.8 Å². The van der Waals surface area contributed by atoms with Crippen LogP contribution in [0.15, 0.2) is 18.2 Å². The molecule has 1 atom stereocenters. The maximum absolute atomic E-state index is 12.0. The average molecular weight is 300 g/mol. The zero-order chi connectivity index (χ0) is 14.0. The van der Waals surface area contributed by atoms with Gasteiger partial charge in [-0.3, -0.25) is 14.9 Å². The van der Waals surface area contributed by atoms with Crippen molar-refractivity contribution < 1.29 is 9.72 Å². The molecular formula is C13H18ClN3O3. The first-order valence-electron chi connectivity index (χ1n) is 6.28. The van der Waals surface area contributed by atoms with Gasteiger partial charge in [0.15, 0.2) is 0 Å². The minimum Gasteiger partial charge on any atom is -0.350 e. The van der Waals surface area contributed by atoms with E-state index >= 15 is 0 Å². The quantitative estimate of drug-likeness (QED) is 0.639. The number of hydrogen-bond donors (Lipinski definition) is 2. The van der Waals surface area contributed by atoms with Gasteiger partial charge in [0.05, 0.1) is 4.92 Å². The van der Waals surface area contributed by atoms with Crippen molar-refractivity contribution in [3.05, 3.63) is 39.4 Å². The molecule has 2 rings (SSSR count). The molecule has 6 nitrogen and oxygen atoms in total. The van der Waals surface area contributed by atoms with Gasteiger partial charge >= 0.3 is 0 Å². The van der Waals surface area contributed by atoms with Gasteiger partial charge in [0, 0.05) is 29.8 Å². The Hall–Kier alpha value is -1.66. The lowest BCUT2D eigenvalue weighted by molar-refractivity contribution is -0.385. The lowest BCUT2D eigenvalue weighted by Gasteiger charge is -2.12. The number of benzene rings is 1. The third-order valence-electron chi connectivity index (χ3n) is 3.47. The smallest absolute Gasteiger partial charge is 0.273 e. The van der Waals surface area contributed by atoms with Crippen molar-refractivity contribution >= 4 is 24.0 Å². The molecule has 20 heavy (non-hydrogen) atoms. The van der Waals surface area contributed by atoms with E-state index in [-0.39, 0.29) is 30.0 Å². The predicted molar refractivity (Wildman–Crippen MR) is 78.1 cm³/mol. The van der Waals surface area contributed by atoms with Crippen molar-refractivity contribution in [3.8, 4) is 0 Å². The minimum atomic E-state index is -0.484. The molecule has 3 N–H and O–H groups in total. The SMILES string of the molecule is Cc1c(C(=O)NCC(N)C2CC2)cccc1[N+](=O)[O-].Cl. The number of nitrogens with two attached hydrogens (primary N) is 1. The topological polar surface area (TPSA) is 98.3 Å². The highest BCUT2D eigenvalue weighted by Gasteiger charge is 2.28. The van der Waals surface area contributed by atoms with E-state index in [9.17, 15) is 14.9 Å². The minimum absolute atomic E-state index is 0. The van der Waals surface area contributed by atoms with Crippen LogP contribution in [0.25, 0.3) is 0 Å². The van der Waals surface area contributed by atoms with Crippen molar-refractivity contribution in [2.24, 2.45) is 11.7 Å². The third kappa shape index (κ3) is 3.68. The van der Waals surface area contributed by atoms with Crippen molar-refractivity contribution in [1.29, 1.82) is 0 Å². The Morgan fingerprint density at radius 3 is 2.75 bits per heavy atom. The normalized spacial score (nSPS) is 15.1. The van der Waals surface area contributed by atoms with Crippen LogP contribution >= 0.6 is 12.4 Å². The predicted octanol–water partition coefficient (Wildman–Crippen LogP) is 1.79. The Kier molecular flexibility index (Phi) is 5.47. The molecule has 7 heteroatoms. The highest BCUT2D eigenvalue weighted by Crippen LogP contribution is 2.31. The van der Waals surface area contributed by atoms with Crippen LogP contribution in [-0.4, -0.2) is 23.4 Å². The second-order valence-corrected chi connectivity index (χ2v) is 4.92. The van der Waals surface area contributed by atoms with Gasteiger partial charge in [-0.2, -0.15) is 0 Å². The molecule has 0 aliphatic heterocycles. The van der Waals surface area contributed by atoms with Crippen LogP contribution in [0.2, 0.25) is 0 Å². The molecule has 0 spiro atoms. The number of carbonyl (C=O) groups excluding carboxylic acids is 1. The molecular weight excluding hydrogens is 282 g/mol. The van der Waals surface area contributed by atoms with E-state index in [0.29, 0.717) is 23.6 Å². The van der Waals surface area contributed by atoms with Crippen LogP contribution in [0, 0.1) is 23.0 Å². The lowest BCUT2D eigenvalue weighted by Crippen LogP contribution is -2.38. The number of hydrogen-bond acceptors (Lipinski definition) is 4. The molecule has 1 aliphatic rings. The Morgan fingerprint density at radius 2 is 2.20 bits per heavy atom. The van der Waals surface area contributed by atoms with Gasteiger partial charge in [0.2, 0.25) is 0 Å². The van der Waals surface area contributed by atoms with Crippen LogP contribution in [0.3, 0.4) is 0 Å². The molecule has 1 amide bonds. The first-order chi connectivity index (χ1) is 9.00. The van der Waals surface area contributed by atoms with E-state index in [1.165, 1.54) is 12.1 Å². The van der Waals surface area contributed by atoms with E-state index in [4.69, 9.17) is 5.73 Å². The zero-order valence-electron chi connectivity index (χ0n) is 11.2. The average Bonchev–Trinajstić information content (AvgIpc) is 3.19. The number of nitro benzene ring substituents is 1. The summed E-state index contributed by atoms with van der Waals surface area (Å²) >= 11 is 0. The van der Waals surface area contributed by atoms with E-state index in [0.717, 1.165) is 12.8 Å². The maximum atomic E-state index is 12.0. The van der Waals surface area contributed by atoms with E-state index < -0.39 is 4.92 Å². The highest BCUT2D eigenvalue weighted by atomic mass is 35.5. The Morgan fingerprint density at radius 1 is 1.55 bits per heavy atom. The highest BCUT2D eigenvalue weighted by molar-refractivity contribution is 5.96. The Labute approximate surface area is 123 Å². The van der Waals surface area contributed by atoms with Crippen LogP contribution in [0.4, 0.5) is 5.69 Å². The van der Waals surface area contributed by atoms with Gasteiger partial charge in [-0.25, -0.2) is 0 Å². The first kappa shape index (κ1) is 16.4. The van der Waals surface area contributed by atoms with Crippen LogP contribution < -0.4 is 11.1 Å². The first-order valence-corrected chi connectivity index (χ1v) is 6.28. The maximum Gasteiger partial charge on any atom is 0.273 e. The summed E-state index contributed by atoms with van der Waals surface area (Å²) in [5.74, 6) is 0.198. The summed E-state index contributed by atoms with van der Waals surface area (Å²) in [7, 11) is 0. The van der Waals surface area contributed by atoms with Crippen LogP contribution in [0.1, 0.15) is 28.8 Å². The second-order valence-electron chi connectivity index (χ2n) is 4.92. The van der Waals surface area contributed by atoms with Crippen LogP contribution in [0.5, 0.6) is 0 Å². The number of nitro groups is 1. The zero-order valence-corrected chi connectivity index (χ0v) is 12.0. The summed E-state index contributed by atoms with van der Waals surface area (Å²) in [6.07, 6.45) is 2.24. The van der Waals surface area contributed by atoms with Gasteiger partial charge in [-0.15, -0.1) is 12.4 Å². The summed E-state index contributed by atoms with van der Waals surface area (Å²) < 4.78 is 0. The van der Waals surface area contributed by atoms with Crippen LogP contribution in [-0.2, 0) is 0 Å². The standard InChI is InChI=1S/C13H17N3O3.ClH/c1-8-10(3-2-4-12(8)16(18)19)13(17)15-7-11(14)9-5-6-9;/h2-4,9,11H,5-7,14H2,1H3,(H,15,17);1H. The number of rotatable bonds is 5. The third-order valence-corrected chi connectivity index (χ3v) is 3.47.